The summed E-state index contributed by atoms with van der Waals surface area (Å²) < 4.78 is 0. The molecule has 0 saturated carbocycles. The standard InChI is InChI=1S/C11H15NO3/c1-10(2,9(13)14)11(3,15)8-4-6-12-7-5-8/h4-7,15H,1-3H3,(H,13,14). The van der Waals surface area contributed by atoms with Crippen LogP contribution in [0.25, 0.3) is 0 Å². The maximum absolute atomic E-state index is 11.1. The lowest BCUT2D eigenvalue weighted by molar-refractivity contribution is -0.164. The fourth-order valence-corrected chi connectivity index (χ4v) is 1.25. The van der Waals surface area contributed by atoms with Gasteiger partial charge in [0.15, 0.2) is 0 Å². The van der Waals surface area contributed by atoms with E-state index in [1.165, 1.54) is 33.2 Å². The molecule has 0 amide bonds. The minimum atomic E-state index is -1.43. The van der Waals surface area contributed by atoms with Gasteiger partial charge in [-0.3, -0.25) is 9.78 Å². The Morgan fingerprint density at radius 3 is 2.13 bits per heavy atom. The van der Waals surface area contributed by atoms with Crippen LogP contribution in [0.5, 0.6) is 0 Å². The van der Waals surface area contributed by atoms with E-state index in [0.29, 0.717) is 5.56 Å². The van der Waals surface area contributed by atoms with Crippen molar-refractivity contribution in [1.82, 2.24) is 4.98 Å². The first-order chi connectivity index (χ1) is 6.80. The van der Waals surface area contributed by atoms with E-state index >= 15 is 0 Å². The van der Waals surface area contributed by atoms with Crippen molar-refractivity contribution >= 4 is 5.97 Å². The minimum Gasteiger partial charge on any atom is -0.481 e. The maximum atomic E-state index is 11.1. The van der Waals surface area contributed by atoms with Gasteiger partial charge in [-0.25, -0.2) is 0 Å². The molecule has 0 aliphatic rings. The SMILES string of the molecule is CC(C)(C(=O)O)C(C)(O)c1ccncc1. The average Bonchev–Trinajstić information content (AvgIpc) is 2.18. The van der Waals surface area contributed by atoms with Crippen molar-refractivity contribution in [2.75, 3.05) is 0 Å². The number of rotatable bonds is 3. The third-order valence-corrected chi connectivity index (χ3v) is 2.99. The van der Waals surface area contributed by atoms with Gasteiger partial charge in [0.1, 0.15) is 5.60 Å². The molecule has 0 aromatic carbocycles. The highest BCUT2D eigenvalue weighted by atomic mass is 16.4. The Morgan fingerprint density at radius 1 is 1.27 bits per heavy atom. The van der Waals surface area contributed by atoms with E-state index < -0.39 is 17.0 Å². The van der Waals surface area contributed by atoms with Crippen LogP contribution < -0.4 is 0 Å². The Kier molecular flexibility index (Phi) is 2.81. The molecule has 1 aromatic heterocycles. The third kappa shape index (κ3) is 1.85. The first kappa shape index (κ1) is 11.7. The Balaban J connectivity index is 3.19. The Morgan fingerprint density at radius 2 is 1.73 bits per heavy atom. The second-order valence-electron chi connectivity index (χ2n) is 4.24. The maximum Gasteiger partial charge on any atom is 0.312 e. The normalized spacial score (nSPS) is 15.7. The summed E-state index contributed by atoms with van der Waals surface area (Å²) in [6.07, 6.45) is 3.06. The van der Waals surface area contributed by atoms with Crippen LogP contribution in [0.1, 0.15) is 26.3 Å². The molecule has 1 heterocycles. The Bertz CT molecular complexity index is 357. The second kappa shape index (κ2) is 3.62. The molecular formula is C11H15NO3. The number of carboxylic acids is 1. The van der Waals surface area contributed by atoms with Gasteiger partial charge in [0.2, 0.25) is 0 Å². The molecule has 1 atom stereocenters. The van der Waals surface area contributed by atoms with Gasteiger partial charge in [0.05, 0.1) is 5.41 Å². The van der Waals surface area contributed by atoms with E-state index in [9.17, 15) is 9.90 Å². The minimum absolute atomic E-state index is 0.546. The molecule has 0 aliphatic carbocycles. The first-order valence-corrected chi connectivity index (χ1v) is 4.66. The summed E-state index contributed by atoms with van der Waals surface area (Å²) in [5, 5.41) is 19.3. The molecule has 1 rings (SSSR count). The van der Waals surface area contributed by atoms with Crippen LogP contribution in [0.2, 0.25) is 0 Å². The zero-order valence-electron chi connectivity index (χ0n) is 9.06. The lowest BCUT2D eigenvalue weighted by Gasteiger charge is -2.36. The van der Waals surface area contributed by atoms with Crippen LogP contribution in [0, 0.1) is 5.41 Å². The lowest BCUT2D eigenvalue weighted by atomic mass is 9.72. The third-order valence-electron chi connectivity index (χ3n) is 2.99. The van der Waals surface area contributed by atoms with Crippen molar-refractivity contribution in [2.24, 2.45) is 5.41 Å². The highest BCUT2D eigenvalue weighted by Crippen LogP contribution is 2.39. The van der Waals surface area contributed by atoms with Gasteiger partial charge in [-0.05, 0) is 38.5 Å². The van der Waals surface area contributed by atoms with Crippen molar-refractivity contribution < 1.29 is 15.0 Å². The van der Waals surface area contributed by atoms with Gasteiger partial charge >= 0.3 is 5.97 Å². The topological polar surface area (TPSA) is 70.4 Å². The van der Waals surface area contributed by atoms with Crippen molar-refractivity contribution in [1.29, 1.82) is 0 Å². The largest absolute Gasteiger partial charge is 0.481 e. The number of aliphatic carboxylic acids is 1. The summed E-state index contributed by atoms with van der Waals surface area (Å²) in [6, 6.07) is 3.23. The molecule has 2 N–H and O–H groups in total. The van der Waals surface area contributed by atoms with Gasteiger partial charge in [0, 0.05) is 12.4 Å². The van der Waals surface area contributed by atoms with Gasteiger partial charge in [-0.1, -0.05) is 0 Å². The fraction of sp³-hybridized carbons (Fsp3) is 0.455. The monoisotopic (exact) mass is 209 g/mol. The van der Waals surface area contributed by atoms with E-state index in [1.54, 1.807) is 12.1 Å². The summed E-state index contributed by atoms with van der Waals surface area (Å²) in [7, 11) is 0. The molecule has 0 fully saturated rings. The lowest BCUT2D eigenvalue weighted by Crippen LogP contribution is -2.44. The molecule has 4 heteroatoms. The predicted octanol–water partition coefficient (Wildman–Crippen LogP) is 1.40. The number of nitrogens with zero attached hydrogens (tertiary/aromatic N) is 1. The molecular weight excluding hydrogens is 194 g/mol. The molecule has 82 valence electrons. The zero-order valence-corrected chi connectivity index (χ0v) is 9.06. The number of hydrogen-bond acceptors (Lipinski definition) is 3. The van der Waals surface area contributed by atoms with Crippen molar-refractivity contribution in [3.8, 4) is 0 Å². The quantitative estimate of drug-likeness (QED) is 0.789. The number of aliphatic hydroxyl groups is 1. The number of carboxylic acid groups (broad SMARTS) is 1. The van der Waals surface area contributed by atoms with E-state index in [4.69, 9.17) is 5.11 Å². The van der Waals surface area contributed by atoms with Gasteiger partial charge in [0.25, 0.3) is 0 Å². The predicted molar refractivity (Wildman–Crippen MR) is 55.2 cm³/mol. The average molecular weight is 209 g/mol. The van der Waals surface area contributed by atoms with Crippen molar-refractivity contribution in [3.63, 3.8) is 0 Å². The Hall–Kier alpha value is -1.42. The fourth-order valence-electron chi connectivity index (χ4n) is 1.25. The highest BCUT2D eigenvalue weighted by molar-refractivity contribution is 5.75. The molecule has 1 unspecified atom stereocenters. The smallest absolute Gasteiger partial charge is 0.312 e. The van der Waals surface area contributed by atoms with Crippen LogP contribution in [0.3, 0.4) is 0 Å². The van der Waals surface area contributed by atoms with Gasteiger partial charge in [-0.2, -0.15) is 0 Å². The van der Waals surface area contributed by atoms with Crippen LogP contribution in [-0.4, -0.2) is 21.2 Å². The number of carbonyl (C=O) groups is 1. The number of hydrogen-bond donors (Lipinski definition) is 2. The van der Waals surface area contributed by atoms with Crippen LogP contribution in [0.15, 0.2) is 24.5 Å². The second-order valence-corrected chi connectivity index (χ2v) is 4.24. The first-order valence-electron chi connectivity index (χ1n) is 4.66. The summed E-state index contributed by atoms with van der Waals surface area (Å²) in [6.45, 7) is 4.49. The zero-order chi connectivity index (χ0) is 11.7. The molecule has 1 aromatic rings. The van der Waals surface area contributed by atoms with Crippen molar-refractivity contribution in [2.45, 2.75) is 26.4 Å². The van der Waals surface area contributed by atoms with E-state index in [0.717, 1.165) is 0 Å². The van der Waals surface area contributed by atoms with Crippen LogP contribution >= 0.6 is 0 Å². The van der Waals surface area contributed by atoms with Gasteiger partial charge < -0.3 is 10.2 Å². The summed E-state index contributed by atoms with van der Waals surface area (Å²) in [5.41, 5.74) is -2.14. The number of aromatic nitrogens is 1. The molecule has 4 nitrogen and oxygen atoms in total. The van der Waals surface area contributed by atoms with Crippen LogP contribution in [-0.2, 0) is 10.4 Å². The van der Waals surface area contributed by atoms with E-state index in [1.807, 2.05) is 0 Å². The molecule has 0 aliphatic heterocycles. The number of pyridine rings is 1. The van der Waals surface area contributed by atoms with E-state index in [-0.39, 0.29) is 0 Å². The highest BCUT2D eigenvalue weighted by Gasteiger charge is 2.46. The van der Waals surface area contributed by atoms with Crippen molar-refractivity contribution in [3.05, 3.63) is 30.1 Å². The van der Waals surface area contributed by atoms with Crippen LogP contribution in [0.4, 0.5) is 0 Å². The molecule has 0 saturated heterocycles. The summed E-state index contributed by atoms with van der Waals surface area (Å²) in [5.74, 6) is -1.04. The molecule has 0 radical (unpaired) electrons. The molecule has 0 bridgehead atoms. The van der Waals surface area contributed by atoms with Gasteiger partial charge in [-0.15, -0.1) is 0 Å². The molecule has 15 heavy (non-hydrogen) atoms. The Labute approximate surface area is 88.6 Å². The molecule has 0 spiro atoms. The summed E-state index contributed by atoms with van der Waals surface area (Å²) in [4.78, 5) is 14.9. The summed E-state index contributed by atoms with van der Waals surface area (Å²) >= 11 is 0. The van der Waals surface area contributed by atoms with E-state index in [2.05, 4.69) is 4.98 Å².